The number of amides is 1. The fourth-order valence-electron chi connectivity index (χ4n) is 1.10. The van der Waals surface area contributed by atoms with Gasteiger partial charge in [0.05, 0.1) is 6.10 Å². The molecule has 0 saturated carbocycles. The molecule has 16 heavy (non-hydrogen) atoms. The van der Waals surface area contributed by atoms with Crippen molar-refractivity contribution in [3.05, 3.63) is 11.6 Å². The van der Waals surface area contributed by atoms with E-state index in [9.17, 15) is 4.79 Å². The minimum absolute atomic E-state index is 0.146. The molecular formula is C9H17N5O2. The Hall–Kier alpha value is -1.47. The number of hydrogen-bond donors (Lipinski definition) is 4. The highest BCUT2D eigenvalue weighted by Crippen LogP contribution is 1.89. The second-order valence-electron chi connectivity index (χ2n) is 3.55. The average molecular weight is 227 g/mol. The molecule has 1 aromatic heterocycles. The Labute approximate surface area is 93.7 Å². The van der Waals surface area contributed by atoms with Crippen LogP contribution in [0.1, 0.15) is 23.4 Å². The Morgan fingerprint density at radius 2 is 2.31 bits per heavy atom. The average Bonchev–Trinajstić information content (AvgIpc) is 2.63. The number of aliphatic hydroxyl groups excluding tert-OH is 1. The normalized spacial score (nSPS) is 12.4. The maximum atomic E-state index is 11.4. The molecule has 0 bridgehead atoms. The molecule has 1 unspecified atom stereocenters. The molecule has 1 amide bonds. The van der Waals surface area contributed by atoms with E-state index in [2.05, 4.69) is 25.8 Å². The standard InChI is InChI=1S/C9H17N5O2/c1-6(15)5-10-3-4-11-9(16)8-12-7(2)13-14-8/h6,10,15H,3-5H2,1-2H3,(H,11,16)(H,12,13,14). The van der Waals surface area contributed by atoms with Gasteiger partial charge in [-0.1, -0.05) is 0 Å². The lowest BCUT2D eigenvalue weighted by atomic mass is 10.4. The summed E-state index contributed by atoms with van der Waals surface area (Å²) >= 11 is 0. The minimum Gasteiger partial charge on any atom is -0.392 e. The number of hydrogen-bond acceptors (Lipinski definition) is 5. The fraction of sp³-hybridized carbons (Fsp3) is 0.667. The number of rotatable bonds is 6. The van der Waals surface area contributed by atoms with E-state index in [1.165, 1.54) is 0 Å². The number of aliphatic hydroxyl groups is 1. The number of aromatic nitrogens is 3. The highest BCUT2D eigenvalue weighted by molar-refractivity contribution is 5.90. The monoisotopic (exact) mass is 227 g/mol. The van der Waals surface area contributed by atoms with Gasteiger partial charge in [-0.15, -0.1) is 5.10 Å². The van der Waals surface area contributed by atoms with Crippen LogP contribution in [0.5, 0.6) is 0 Å². The summed E-state index contributed by atoms with van der Waals surface area (Å²) in [6, 6.07) is 0. The molecule has 0 aliphatic heterocycles. The Balaban J connectivity index is 2.16. The van der Waals surface area contributed by atoms with E-state index in [0.717, 1.165) is 0 Å². The van der Waals surface area contributed by atoms with Crippen molar-refractivity contribution in [2.75, 3.05) is 19.6 Å². The molecule has 0 spiro atoms. The highest BCUT2D eigenvalue weighted by atomic mass is 16.3. The van der Waals surface area contributed by atoms with Crippen LogP contribution in [0.2, 0.25) is 0 Å². The van der Waals surface area contributed by atoms with Gasteiger partial charge >= 0.3 is 0 Å². The quantitative estimate of drug-likeness (QED) is 0.458. The van der Waals surface area contributed by atoms with Crippen molar-refractivity contribution >= 4 is 5.91 Å². The Morgan fingerprint density at radius 3 is 2.88 bits per heavy atom. The second kappa shape index (κ2) is 6.19. The van der Waals surface area contributed by atoms with Crippen LogP contribution >= 0.6 is 0 Å². The van der Waals surface area contributed by atoms with Gasteiger partial charge in [-0.2, -0.15) is 0 Å². The lowest BCUT2D eigenvalue weighted by Crippen LogP contribution is -2.34. The van der Waals surface area contributed by atoms with Crippen molar-refractivity contribution in [1.29, 1.82) is 0 Å². The lowest BCUT2D eigenvalue weighted by Gasteiger charge is -2.06. The molecule has 0 saturated heterocycles. The van der Waals surface area contributed by atoms with E-state index >= 15 is 0 Å². The van der Waals surface area contributed by atoms with Crippen molar-refractivity contribution in [1.82, 2.24) is 25.8 Å². The molecule has 0 aliphatic carbocycles. The topological polar surface area (TPSA) is 103 Å². The maximum Gasteiger partial charge on any atom is 0.291 e. The summed E-state index contributed by atoms with van der Waals surface area (Å²) in [5, 5.41) is 20.9. The largest absolute Gasteiger partial charge is 0.392 e. The van der Waals surface area contributed by atoms with Crippen molar-refractivity contribution in [2.24, 2.45) is 0 Å². The zero-order chi connectivity index (χ0) is 12.0. The molecule has 1 heterocycles. The van der Waals surface area contributed by atoms with Gasteiger partial charge in [0.2, 0.25) is 5.82 Å². The molecule has 0 aromatic carbocycles. The van der Waals surface area contributed by atoms with Gasteiger partial charge in [-0.3, -0.25) is 9.89 Å². The number of nitrogens with zero attached hydrogens (tertiary/aromatic N) is 2. The summed E-state index contributed by atoms with van der Waals surface area (Å²) in [5.74, 6) is 0.452. The Bertz CT molecular complexity index is 336. The first-order valence-electron chi connectivity index (χ1n) is 5.15. The van der Waals surface area contributed by atoms with Crippen LogP contribution in [-0.2, 0) is 0 Å². The zero-order valence-electron chi connectivity index (χ0n) is 9.45. The smallest absolute Gasteiger partial charge is 0.291 e. The summed E-state index contributed by atoms with van der Waals surface area (Å²) in [6.45, 7) is 5.00. The van der Waals surface area contributed by atoms with Crippen molar-refractivity contribution < 1.29 is 9.90 Å². The number of aryl methyl sites for hydroxylation is 1. The van der Waals surface area contributed by atoms with Crippen LogP contribution in [0.25, 0.3) is 0 Å². The molecule has 4 N–H and O–H groups in total. The zero-order valence-corrected chi connectivity index (χ0v) is 9.45. The summed E-state index contributed by atoms with van der Waals surface area (Å²) in [4.78, 5) is 15.3. The lowest BCUT2D eigenvalue weighted by molar-refractivity contribution is 0.0943. The molecule has 1 rings (SSSR count). The molecular weight excluding hydrogens is 210 g/mol. The maximum absolute atomic E-state index is 11.4. The predicted molar refractivity (Wildman–Crippen MR) is 58.0 cm³/mol. The van der Waals surface area contributed by atoms with Gasteiger partial charge in [0.25, 0.3) is 5.91 Å². The Morgan fingerprint density at radius 1 is 1.56 bits per heavy atom. The third kappa shape index (κ3) is 4.37. The van der Waals surface area contributed by atoms with E-state index in [1.807, 2.05) is 0 Å². The molecule has 1 atom stereocenters. The first kappa shape index (κ1) is 12.6. The van der Waals surface area contributed by atoms with Crippen LogP contribution in [0, 0.1) is 6.92 Å². The van der Waals surface area contributed by atoms with Crippen LogP contribution in [-0.4, -0.2) is 51.9 Å². The van der Waals surface area contributed by atoms with Gasteiger partial charge in [-0.25, -0.2) is 4.98 Å². The van der Waals surface area contributed by atoms with Crippen LogP contribution in [0.4, 0.5) is 0 Å². The third-order valence-electron chi connectivity index (χ3n) is 1.83. The molecule has 1 aromatic rings. The molecule has 0 radical (unpaired) electrons. The van der Waals surface area contributed by atoms with E-state index in [1.54, 1.807) is 13.8 Å². The summed E-state index contributed by atoms with van der Waals surface area (Å²) < 4.78 is 0. The van der Waals surface area contributed by atoms with Crippen LogP contribution < -0.4 is 10.6 Å². The molecule has 0 fully saturated rings. The number of nitrogens with one attached hydrogen (secondary N) is 3. The summed E-state index contributed by atoms with van der Waals surface area (Å²) in [5.41, 5.74) is 0. The second-order valence-corrected chi connectivity index (χ2v) is 3.55. The van der Waals surface area contributed by atoms with Gasteiger partial charge in [0.1, 0.15) is 5.82 Å². The van der Waals surface area contributed by atoms with Crippen LogP contribution in [0.15, 0.2) is 0 Å². The minimum atomic E-state index is -0.383. The van der Waals surface area contributed by atoms with E-state index in [-0.39, 0.29) is 17.8 Å². The molecule has 90 valence electrons. The molecule has 0 aliphatic rings. The first-order valence-corrected chi connectivity index (χ1v) is 5.15. The van der Waals surface area contributed by atoms with Crippen molar-refractivity contribution in [2.45, 2.75) is 20.0 Å². The van der Waals surface area contributed by atoms with Crippen LogP contribution in [0.3, 0.4) is 0 Å². The van der Waals surface area contributed by atoms with Gasteiger partial charge in [0, 0.05) is 19.6 Å². The third-order valence-corrected chi connectivity index (χ3v) is 1.83. The fourth-order valence-corrected chi connectivity index (χ4v) is 1.10. The number of H-pyrrole nitrogens is 1. The highest BCUT2D eigenvalue weighted by Gasteiger charge is 2.09. The van der Waals surface area contributed by atoms with E-state index in [4.69, 9.17) is 5.11 Å². The van der Waals surface area contributed by atoms with E-state index < -0.39 is 0 Å². The van der Waals surface area contributed by atoms with Gasteiger partial charge < -0.3 is 15.7 Å². The SMILES string of the molecule is Cc1nc(C(=O)NCCNCC(C)O)n[nH]1. The Kier molecular flexibility index (Phi) is 4.87. The van der Waals surface area contributed by atoms with E-state index in [0.29, 0.717) is 25.5 Å². The summed E-state index contributed by atoms with van der Waals surface area (Å²) in [6.07, 6.45) is -0.383. The first-order chi connectivity index (χ1) is 7.59. The van der Waals surface area contributed by atoms with Gasteiger partial charge in [0.15, 0.2) is 0 Å². The molecule has 7 heteroatoms. The number of carbonyl (C=O) groups is 1. The van der Waals surface area contributed by atoms with Crippen molar-refractivity contribution in [3.63, 3.8) is 0 Å². The predicted octanol–water partition coefficient (Wildman–Crippen LogP) is -1.19. The van der Waals surface area contributed by atoms with Gasteiger partial charge in [-0.05, 0) is 13.8 Å². The summed E-state index contributed by atoms with van der Waals surface area (Å²) in [7, 11) is 0. The molecule has 7 nitrogen and oxygen atoms in total. The number of aromatic amines is 1. The van der Waals surface area contributed by atoms with Crippen molar-refractivity contribution in [3.8, 4) is 0 Å². The number of carbonyl (C=O) groups excluding carboxylic acids is 1.